The summed E-state index contributed by atoms with van der Waals surface area (Å²) in [6.45, 7) is 4.29. The van der Waals surface area contributed by atoms with E-state index in [0.717, 1.165) is 27.7 Å². The van der Waals surface area contributed by atoms with Crippen molar-refractivity contribution in [2.75, 3.05) is 7.11 Å². The van der Waals surface area contributed by atoms with Crippen molar-refractivity contribution in [3.8, 4) is 17.2 Å². The van der Waals surface area contributed by atoms with Crippen LogP contribution in [0.15, 0.2) is 57.5 Å². The summed E-state index contributed by atoms with van der Waals surface area (Å²) in [5, 5.41) is 2.08. The highest BCUT2D eigenvalue weighted by Gasteiger charge is 2.12. The predicted octanol–water partition coefficient (Wildman–Crippen LogP) is 4.63. The second-order valence-electron chi connectivity index (χ2n) is 5.15. The third-order valence-electron chi connectivity index (χ3n) is 3.33. The fourth-order valence-corrected chi connectivity index (χ4v) is 3.30. The van der Waals surface area contributed by atoms with Crippen molar-refractivity contribution in [1.29, 1.82) is 0 Å². The second-order valence-corrected chi connectivity index (χ2v) is 5.99. The van der Waals surface area contributed by atoms with Crippen LogP contribution in [0.2, 0.25) is 0 Å². The van der Waals surface area contributed by atoms with Gasteiger partial charge in [-0.15, -0.1) is 11.3 Å². The van der Waals surface area contributed by atoms with E-state index < -0.39 is 0 Å². The van der Waals surface area contributed by atoms with Gasteiger partial charge in [0.05, 0.1) is 24.8 Å². The highest BCUT2D eigenvalue weighted by atomic mass is 32.1. The number of rotatable bonds is 4. The van der Waals surface area contributed by atoms with Crippen molar-refractivity contribution in [3.05, 3.63) is 52.8 Å². The number of nitrogens with zero attached hydrogens (tertiary/aromatic N) is 2. The standard InChI is InChI=1S/C17H18N2O2S/c1-12(2)19-15(16-5-4-10-21-16)11-22-17(19)18-13-6-8-14(20-3)9-7-13/h4-12H,1-3H3. The first kappa shape index (κ1) is 14.7. The summed E-state index contributed by atoms with van der Waals surface area (Å²) in [6, 6.07) is 11.9. The van der Waals surface area contributed by atoms with Crippen LogP contribution in [0.4, 0.5) is 5.69 Å². The summed E-state index contributed by atoms with van der Waals surface area (Å²) < 4.78 is 12.9. The minimum atomic E-state index is 0.295. The molecule has 3 rings (SSSR count). The zero-order valence-corrected chi connectivity index (χ0v) is 13.6. The molecule has 0 amide bonds. The van der Waals surface area contributed by atoms with Crippen LogP contribution >= 0.6 is 11.3 Å². The molecule has 0 atom stereocenters. The molecule has 5 heteroatoms. The Morgan fingerprint density at radius 2 is 1.95 bits per heavy atom. The Morgan fingerprint density at radius 3 is 2.55 bits per heavy atom. The lowest BCUT2D eigenvalue weighted by atomic mass is 10.3. The SMILES string of the molecule is COc1ccc(N=c2scc(-c3ccco3)n2C(C)C)cc1. The zero-order valence-electron chi connectivity index (χ0n) is 12.8. The van der Waals surface area contributed by atoms with Crippen LogP contribution in [0.25, 0.3) is 11.5 Å². The molecule has 3 aromatic rings. The summed E-state index contributed by atoms with van der Waals surface area (Å²) >= 11 is 1.61. The zero-order chi connectivity index (χ0) is 15.5. The number of benzene rings is 1. The molecule has 4 nitrogen and oxygen atoms in total. The summed E-state index contributed by atoms with van der Waals surface area (Å²) in [5.74, 6) is 1.69. The van der Waals surface area contributed by atoms with Gasteiger partial charge in [0.15, 0.2) is 10.6 Å². The number of ether oxygens (including phenoxy) is 1. The van der Waals surface area contributed by atoms with E-state index in [1.807, 2.05) is 36.4 Å². The number of thiazole rings is 1. The topological polar surface area (TPSA) is 39.7 Å². The van der Waals surface area contributed by atoms with Crippen LogP contribution < -0.4 is 9.54 Å². The van der Waals surface area contributed by atoms with Crippen molar-refractivity contribution in [3.63, 3.8) is 0 Å². The maximum absolute atomic E-state index is 5.53. The van der Waals surface area contributed by atoms with Gasteiger partial charge in [-0.3, -0.25) is 0 Å². The monoisotopic (exact) mass is 314 g/mol. The van der Waals surface area contributed by atoms with Crippen LogP contribution in [0, 0.1) is 0 Å². The molecule has 2 heterocycles. The van der Waals surface area contributed by atoms with Crippen LogP contribution in [-0.4, -0.2) is 11.7 Å². The van der Waals surface area contributed by atoms with Crippen LogP contribution in [0.5, 0.6) is 5.75 Å². The average Bonchev–Trinajstić information content (AvgIpc) is 3.16. The van der Waals surface area contributed by atoms with E-state index in [9.17, 15) is 0 Å². The van der Waals surface area contributed by atoms with Gasteiger partial charge in [-0.05, 0) is 50.2 Å². The lowest BCUT2D eigenvalue weighted by molar-refractivity contribution is 0.415. The van der Waals surface area contributed by atoms with Gasteiger partial charge in [0, 0.05) is 11.4 Å². The number of hydrogen-bond acceptors (Lipinski definition) is 4. The van der Waals surface area contributed by atoms with Crippen LogP contribution in [-0.2, 0) is 0 Å². The van der Waals surface area contributed by atoms with E-state index in [4.69, 9.17) is 14.1 Å². The third-order valence-corrected chi connectivity index (χ3v) is 4.17. The Morgan fingerprint density at radius 1 is 1.18 bits per heavy atom. The molecule has 0 N–H and O–H groups in total. The van der Waals surface area contributed by atoms with Gasteiger partial charge in [0.25, 0.3) is 0 Å². The maximum atomic E-state index is 5.53. The second kappa shape index (κ2) is 6.23. The largest absolute Gasteiger partial charge is 0.497 e. The summed E-state index contributed by atoms with van der Waals surface area (Å²) in [7, 11) is 1.66. The minimum absolute atomic E-state index is 0.295. The molecular formula is C17H18N2O2S. The summed E-state index contributed by atoms with van der Waals surface area (Å²) in [4.78, 5) is 5.70. The molecule has 0 saturated carbocycles. The molecule has 0 aliphatic carbocycles. The van der Waals surface area contributed by atoms with Gasteiger partial charge >= 0.3 is 0 Å². The number of aromatic nitrogens is 1. The normalized spacial score (nSPS) is 12.1. The first-order valence-electron chi connectivity index (χ1n) is 7.11. The Labute approximate surface area is 133 Å². The van der Waals surface area contributed by atoms with Gasteiger partial charge in [-0.1, -0.05) is 0 Å². The number of hydrogen-bond donors (Lipinski definition) is 0. The summed E-state index contributed by atoms with van der Waals surface area (Å²) in [5.41, 5.74) is 1.96. The maximum Gasteiger partial charge on any atom is 0.190 e. The van der Waals surface area contributed by atoms with E-state index in [-0.39, 0.29) is 0 Å². The average molecular weight is 314 g/mol. The van der Waals surface area contributed by atoms with E-state index in [1.165, 1.54) is 0 Å². The molecule has 0 aliphatic heterocycles. The Hall–Kier alpha value is -2.27. The first-order chi connectivity index (χ1) is 10.7. The van der Waals surface area contributed by atoms with Gasteiger partial charge in [-0.2, -0.15) is 0 Å². The van der Waals surface area contributed by atoms with Gasteiger partial charge < -0.3 is 13.7 Å². The van der Waals surface area contributed by atoms with Crippen molar-refractivity contribution >= 4 is 17.0 Å². The van der Waals surface area contributed by atoms with Gasteiger partial charge in [0.1, 0.15) is 5.75 Å². The molecule has 0 saturated heterocycles. The molecule has 0 bridgehead atoms. The van der Waals surface area contributed by atoms with Gasteiger partial charge in [-0.25, -0.2) is 4.99 Å². The predicted molar refractivity (Wildman–Crippen MR) is 88.6 cm³/mol. The molecule has 1 aromatic carbocycles. The lowest BCUT2D eigenvalue weighted by Gasteiger charge is -2.11. The van der Waals surface area contributed by atoms with Crippen molar-refractivity contribution in [2.45, 2.75) is 19.9 Å². The van der Waals surface area contributed by atoms with Crippen LogP contribution in [0.1, 0.15) is 19.9 Å². The molecule has 0 radical (unpaired) electrons. The molecule has 0 unspecified atom stereocenters. The van der Waals surface area contributed by atoms with Crippen molar-refractivity contribution in [1.82, 2.24) is 4.57 Å². The quantitative estimate of drug-likeness (QED) is 0.704. The first-order valence-corrected chi connectivity index (χ1v) is 7.99. The Bertz CT molecular complexity index is 796. The molecule has 114 valence electrons. The molecule has 0 aliphatic rings. The van der Waals surface area contributed by atoms with Crippen LogP contribution in [0.3, 0.4) is 0 Å². The summed E-state index contributed by atoms with van der Waals surface area (Å²) in [6.07, 6.45) is 1.69. The van der Waals surface area contributed by atoms with E-state index in [0.29, 0.717) is 6.04 Å². The van der Waals surface area contributed by atoms with Crippen molar-refractivity contribution < 1.29 is 9.15 Å². The van der Waals surface area contributed by atoms with Gasteiger partial charge in [0.2, 0.25) is 0 Å². The molecular weight excluding hydrogens is 296 g/mol. The van der Waals surface area contributed by atoms with Crippen molar-refractivity contribution in [2.24, 2.45) is 4.99 Å². The van der Waals surface area contributed by atoms with E-state index >= 15 is 0 Å². The Kier molecular flexibility index (Phi) is 4.15. The molecule has 22 heavy (non-hydrogen) atoms. The molecule has 0 spiro atoms. The minimum Gasteiger partial charge on any atom is -0.497 e. The number of methoxy groups -OCH3 is 1. The fourth-order valence-electron chi connectivity index (χ4n) is 2.27. The lowest BCUT2D eigenvalue weighted by Crippen LogP contribution is -2.17. The molecule has 0 fully saturated rings. The smallest absolute Gasteiger partial charge is 0.190 e. The fraction of sp³-hybridized carbons (Fsp3) is 0.235. The highest BCUT2D eigenvalue weighted by molar-refractivity contribution is 7.07. The number of furan rings is 1. The van der Waals surface area contributed by atoms with E-state index in [1.54, 1.807) is 24.7 Å². The Balaban J connectivity index is 2.08. The third kappa shape index (κ3) is 2.85. The van der Waals surface area contributed by atoms with E-state index in [2.05, 4.69) is 23.8 Å². The highest BCUT2D eigenvalue weighted by Crippen LogP contribution is 2.24. The molecule has 2 aromatic heterocycles.